The van der Waals surface area contributed by atoms with E-state index in [1.165, 1.54) is 38.5 Å². The van der Waals surface area contributed by atoms with Crippen LogP contribution in [0.3, 0.4) is 0 Å². The van der Waals surface area contributed by atoms with Crippen molar-refractivity contribution in [2.24, 2.45) is 0 Å². The fraction of sp³-hybridized carbons (Fsp3) is 0.800. The van der Waals surface area contributed by atoms with Crippen molar-refractivity contribution in [1.29, 1.82) is 0 Å². The number of carbonyl (C=O) groups excluding carboxylic acids is 1. The zero-order valence-electron chi connectivity index (χ0n) is 12.1. The summed E-state index contributed by atoms with van der Waals surface area (Å²) < 4.78 is 5.03. The van der Waals surface area contributed by atoms with Gasteiger partial charge in [-0.05, 0) is 38.5 Å². The molecule has 110 valence electrons. The van der Waals surface area contributed by atoms with Crippen LogP contribution < -0.4 is 5.32 Å². The lowest BCUT2D eigenvalue weighted by Gasteiger charge is -2.22. The molecule has 0 spiro atoms. The molecule has 0 saturated heterocycles. The Labute approximate surface area is 121 Å². The van der Waals surface area contributed by atoms with Crippen LogP contribution in [0.2, 0.25) is 0 Å². The van der Waals surface area contributed by atoms with Crippen LogP contribution >= 0.6 is 11.8 Å². The Bertz CT molecular complexity index is 275. The van der Waals surface area contributed by atoms with Crippen molar-refractivity contribution < 1.29 is 9.53 Å². The normalized spacial score (nSPS) is 16.3. The Balaban J connectivity index is 1.83. The second-order valence-corrected chi connectivity index (χ2v) is 6.40. The maximum atomic E-state index is 11.1. The Morgan fingerprint density at radius 1 is 1.32 bits per heavy atom. The first-order chi connectivity index (χ1) is 9.20. The fourth-order valence-electron chi connectivity index (χ4n) is 2.21. The van der Waals surface area contributed by atoms with E-state index in [1.807, 2.05) is 11.8 Å². The second kappa shape index (κ2) is 10.3. The number of esters is 1. The molecule has 3 nitrogen and oxygen atoms in total. The number of hydrogen-bond acceptors (Lipinski definition) is 4. The van der Waals surface area contributed by atoms with E-state index in [2.05, 4.69) is 11.9 Å². The fourth-order valence-corrected chi connectivity index (χ4v) is 2.96. The molecule has 1 aliphatic rings. The summed E-state index contributed by atoms with van der Waals surface area (Å²) in [5.41, 5.74) is 0.474. The first-order valence-electron chi connectivity index (χ1n) is 7.34. The first-order valence-corrected chi connectivity index (χ1v) is 8.49. The van der Waals surface area contributed by atoms with Gasteiger partial charge in [-0.1, -0.05) is 25.8 Å². The van der Waals surface area contributed by atoms with Crippen molar-refractivity contribution in [3.05, 3.63) is 12.2 Å². The molecule has 4 heteroatoms. The van der Waals surface area contributed by atoms with Gasteiger partial charge in [0, 0.05) is 17.4 Å². The summed E-state index contributed by atoms with van der Waals surface area (Å²) in [6, 6.07) is 0.760. The maximum Gasteiger partial charge on any atom is 0.333 e. The molecule has 1 fully saturated rings. The van der Waals surface area contributed by atoms with Gasteiger partial charge in [0.05, 0.1) is 0 Å². The van der Waals surface area contributed by atoms with Gasteiger partial charge < -0.3 is 10.1 Å². The first kappa shape index (κ1) is 16.6. The average molecular weight is 285 g/mol. The molecule has 0 bridgehead atoms. The van der Waals surface area contributed by atoms with Crippen LogP contribution in [0.25, 0.3) is 0 Å². The molecule has 0 radical (unpaired) electrons. The minimum Gasteiger partial charge on any atom is -0.461 e. The van der Waals surface area contributed by atoms with Crippen LogP contribution in [0.4, 0.5) is 0 Å². The highest BCUT2D eigenvalue weighted by atomic mass is 32.2. The van der Waals surface area contributed by atoms with Gasteiger partial charge >= 0.3 is 5.97 Å². The zero-order chi connectivity index (χ0) is 13.9. The molecule has 19 heavy (non-hydrogen) atoms. The monoisotopic (exact) mass is 285 g/mol. The van der Waals surface area contributed by atoms with Crippen molar-refractivity contribution in [3.63, 3.8) is 0 Å². The van der Waals surface area contributed by atoms with E-state index in [0.717, 1.165) is 24.1 Å². The van der Waals surface area contributed by atoms with Crippen molar-refractivity contribution in [3.8, 4) is 0 Å². The number of rotatable bonds is 9. The molecule has 1 rings (SSSR count). The molecule has 1 saturated carbocycles. The molecular formula is C15H27NO2S. The van der Waals surface area contributed by atoms with Gasteiger partial charge in [0.25, 0.3) is 0 Å². The Kier molecular flexibility index (Phi) is 9.01. The third-order valence-corrected chi connectivity index (χ3v) is 4.35. The molecule has 0 aromatic carbocycles. The number of thioether (sulfide) groups is 1. The van der Waals surface area contributed by atoms with E-state index >= 15 is 0 Å². The van der Waals surface area contributed by atoms with Crippen LogP contribution in [0, 0.1) is 0 Å². The van der Waals surface area contributed by atoms with Gasteiger partial charge in [0.1, 0.15) is 6.61 Å². The molecule has 0 unspecified atom stereocenters. The van der Waals surface area contributed by atoms with Crippen LogP contribution in [0.5, 0.6) is 0 Å². The number of hydrogen-bond donors (Lipinski definition) is 1. The zero-order valence-corrected chi connectivity index (χ0v) is 12.9. The molecule has 0 heterocycles. The third kappa shape index (κ3) is 8.32. The lowest BCUT2D eigenvalue weighted by molar-refractivity contribution is -0.138. The predicted octanol–water partition coefficient (Wildman–Crippen LogP) is 3.15. The summed E-state index contributed by atoms with van der Waals surface area (Å²) in [7, 11) is 0. The lowest BCUT2D eigenvalue weighted by Crippen LogP contribution is -2.31. The highest BCUT2D eigenvalue weighted by Crippen LogP contribution is 2.17. The molecule has 0 amide bonds. The van der Waals surface area contributed by atoms with Gasteiger partial charge in [-0.15, -0.1) is 0 Å². The Hall–Kier alpha value is -0.480. The smallest absolute Gasteiger partial charge is 0.333 e. The van der Waals surface area contributed by atoms with E-state index in [9.17, 15) is 4.79 Å². The van der Waals surface area contributed by atoms with E-state index < -0.39 is 0 Å². The van der Waals surface area contributed by atoms with E-state index in [4.69, 9.17) is 4.74 Å². The minimum atomic E-state index is -0.278. The molecule has 1 aliphatic carbocycles. The second-order valence-electron chi connectivity index (χ2n) is 5.17. The van der Waals surface area contributed by atoms with Gasteiger partial charge in [0.2, 0.25) is 0 Å². The largest absolute Gasteiger partial charge is 0.461 e. The van der Waals surface area contributed by atoms with E-state index in [1.54, 1.807) is 6.92 Å². The van der Waals surface area contributed by atoms with Gasteiger partial charge in [0.15, 0.2) is 0 Å². The lowest BCUT2D eigenvalue weighted by atomic mass is 9.95. The maximum absolute atomic E-state index is 11.1. The van der Waals surface area contributed by atoms with E-state index in [0.29, 0.717) is 12.2 Å². The quantitative estimate of drug-likeness (QED) is 0.401. The van der Waals surface area contributed by atoms with Crippen molar-refractivity contribution in [2.75, 3.05) is 24.7 Å². The molecule has 1 N–H and O–H groups in total. The highest BCUT2D eigenvalue weighted by Gasteiger charge is 2.11. The number of ether oxygens (including phenoxy) is 1. The standard InChI is InChI=1S/C15H27NO2S/c1-13(2)15(17)18-10-12-19-11-6-9-16-14-7-4-3-5-8-14/h14,16H,1,3-12H2,2H3. The predicted molar refractivity (Wildman–Crippen MR) is 82.6 cm³/mol. The van der Waals surface area contributed by atoms with Gasteiger partial charge in [-0.2, -0.15) is 11.8 Å². The Morgan fingerprint density at radius 2 is 2.05 bits per heavy atom. The van der Waals surface area contributed by atoms with Gasteiger partial charge in [-0.25, -0.2) is 4.79 Å². The van der Waals surface area contributed by atoms with Crippen LogP contribution in [-0.2, 0) is 9.53 Å². The molecular weight excluding hydrogens is 258 g/mol. The molecule has 0 aromatic heterocycles. The summed E-state index contributed by atoms with van der Waals surface area (Å²) in [6.07, 6.45) is 8.08. The average Bonchev–Trinajstić information content (AvgIpc) is 2.42. The summed E-state index contributed by atoms with van der Waals surface area (Å²) >= 11 is 1.85. The van der Waals surface area contributed by atoms with Crippen molar-refractivity contribution >= 4 is 17.7 Å². The Morgan fingerprint density at radius 3 is 2.74 bits per heavy atom. The van der Waals surface area contributed by atoms with Gasteiger partial charge in [-0.3, -0.25) is 0 Å². The van der Waals surface area contributed by atoms with Crippen LogP contribution in [0.15, 0.2) is 12.2 Å². The summed E-state index contributed by atoms with van der Waals surface area (Å²) in [4.78, 5) is 11.1. The van der Waals surface area contributed by atoms with Crippen molar-refractivity contribution in [2.45, 2.75) is 51.5 Å². The third-order valence-electron chi connectivity index (χ3n) is 3.31. The molecule has 0 aliphatic heterocycles. The molecule has 0 aromatic rings. The topological polar surface area (TPSA) is 38.3 Å². The highest BCUT2D eigenvalue weighted by molar-refractivity contribution is 7.99. The summed E-state index contributed by atoms with van der Waals surface area (Å²) in [5, 5.41) is 3.64. The van der Waals surface area contributed by atoms with Crippen molar-refractivity contribution in [1.82, 2.24) is 5.32 Å². The number of carbonyl (C=O) groups is 1. The molecule has 0 atom stereocenters. The van der Waals surface area contributed by atoms with Crippen LogP contribution in [-0.4, -0.2) is 36.7 Å². The van der Waals surface area contributed by atoms with Crippen LogP contribution in [0.1, 0.15) is 45.4 Å². The number of nitrogens with one attached hydrogen (secondary N) is 1. The summed E-state index contributed by atoms with van der Waals surface area (Å²) in [6.45, 7) is 6.83. The van der Waals surface area contributed by atoms with E-state index in [-0.39, 0.29) is 5.97 Å². The minimum absolute atomic E-state index is 0.278. The summed E-state index contributed by atoms with van der Waals surface area (Å²) in [5.74, 6) is 1.73. The SMILES string of the molecule is C=C(C)C(=O)OCCSCCCNC1CCCCC1.